The molecule has 2 aliphatic heterocycles. The molecule has 2 heterocycles. The molecule has 0 radical (unpaired) electrons. The fourth-order valence-electron chi connectivity index (χ4n) is 2.87. The third-order valence-electron chi connectivity index (χ3n) is 4.02. The minimum Gasteiger partial charge on any atom is -0.508 e. The first kappa shape index (κ1) is 11.7. The lowest BCUT2D eigenvalue weighted by Gasteiger charge is -2.45. The number of hydrogen-bond acceptors (Lipinski definition) is 3. The van der Waals surface area contributed by atoms with Gasteiger partial charge in [0.25, 0.3) is 0 Å². The fraction of sp³-hybridized carbons (Fsp3) is 0.250. The predicted octanol–water partition coefficient (Wildman–Crippen LogP) is 3.12. The maximum atomic E-state index is 13.9. The van der Waals surface area contributed by atoms with E-state index < -0.39 is 5.60 Å². The summed E-state index contributed by atoms with van der Waals surface area (Å²) in [5.41, 5.74) is 2.63. The Bertz CT molecular complexity index is 720. The largest absolute Gasteiger partial charge is 0.508 e. The zero-order valence-corrected chi connectivity index (χ0v) is 10.9. The summed E-state index contributed by atoms with van der Waals surface area (Å²) in [4.78, 5) is 0. The van der Waals surface area contributed by atoms with Crippen molar-refractivity contribution in [1.82, 2.24) is 0 Å². The highest BCUT2D eigenvalue weighted by atomic mass is 19.1. The van der Waals surface area contributed by atoms with Gasteiger partial charge in [-0.1, -0.05) is 0 Å². The Morgan fingerprint density at radius 2 is 1.95 bits per heavy atom. The van der Waals surface area contributed by atoms with Crippen molar-refractivity contribution in [3.05, 3.63) is 47.3 Å². The van der Waals surface area contributed by atoms with Crippen molar-refractivity contribution in [2.45, 2.75) is 12.5 Å². The number of benzene rings is 2. The number of hydrogen-bond donors (Lipinski definition) is 1. The Kier molecular flexibility index (Phi) is 2.19. The Morgan fingerprint density at radius 1 is 1.15 bits per heavy atom. The van der Waals surface area contributed by atoms with Crippen LogP contribution in [0.5, 0.6) is 11.5 Å². The fourth-order valence-corrected chi connectivity index (χ4v) is 2.87. The second-order valence-corrected chi connectivity index (χ2v) is 5.42. The van der Waals surface area contributed by atoms with Gasteiger partial charge in [-0.15, -0.1) is 0 Å². The predicted molar refractivity (Wildman–Crippen MR) is 71.4 cm³/mol. The van der Waals surface area contributed by atoms with Gasteiger partial charge in [-0.3, -0.25) is 0 Å². The van der Waals surface area contributed by atoms with E-state index in [1.54, 1.807) is 31.2 Å². The Morgan fingerprint density at radius 3 is 2.65 bits per heavy atom. The van der Waals surface area contributed by atoms with Crippen LogP contribution in [-0.4, -0.2) is 18.3 Å². The Labute approximate surface area is 115 Å². The number of fused-ring (bicyclic) bond motifs is 4. The summed E-state index contributed by atoms with van der Waals surface area (Å²) in [6.45, 7) is 2.63. The number of halogens is 1. The lowest BCUT2D eigenvalue weighted by molar-refractivity contribution is -0.169. The molecule has 2 aliphatic rings. The van der Waals surface area contributed by atoms with Crippen LogP contribution in [-0.2, 0) is 10.3 Å². The average Bonchev–Trinajstić information content (AvgIpc) is 2.37. The van der Waals surface area contributed by atoms with E-state index in [2.05, 4.69) is 0 Å². The van der Waals surface area contributed by atoms with Crippen LogP contribution in [0.1, 0.15) is 11.1 Å². The van der Waals surface area contributed by atoms with Gasteiger partial charge in [0, 0.05) is 17.2 Å². The van der Waals surface area contributed by atoms with Crippen LogP contribution in [0.2, 0.25) is 0 Å². The van der Waals surface area contributed by atoms with Gasteiger partial charge in [-0.2, -0.15) is 0 Å². The summed E-state index contributed by atoms with van der Waals surface area (Å²) < 4.78 is 25.3. The molecule has 4 heteroatoms. The molecule has 0 bridgehead atoms. The highest BCUT2D eigenvalue weighted by Gasteiger charge is 2.48. The number of rotatable bonds is 0. The van der Waals surface area contributed by atoms with Crippen molar-refractivity contribution in [2.75, 3.05) is 13.2 Å². The van der Waals surface area contributed by atoms with Crippen LogP contribution in [0.15, 0.2) is 30.3 Å². The first-order valence-corrected chi connectivity index (χ1v) is 6.50. The Hall–Kier alpha value is -2.07. The molecule has 4 rings (SSSR count). The van der Waals surface area contributed by atoms with E-state index in [9.17, 15) is 9.50 Å². The standard InChI is InChI=1S/C16H13FO3/c1-9-4-13-12(6-14(9)17)11-3-2-10(18)5-15(11)20-16(13)7-19-8-16/h2-6,18H,7-8H2,1H3. The Balaban J connectivity index is 2.02. The molecule has 2 aromatic rings. The molecule has 0 amide bonds. The minimum absolute atomic E-state index is 0.134. The van der Waals surface area contributed by atoms with Crippen molar-refractivity contribution < 1.29 is 19.0 Å². The van der Waals surface area contributed by atoms with E-state index in [-0.39, 0.29) is 11.6 Å². The van der Waals surface area contributed by atoms with Crippen LogP contribution >= 0.6 is 0 Å². The second-order valence-electron chi connectivity index (χ2n) is 5.42. The van der Waals surface area contributed by atoms with E-state index in [0.717, 1.165) is 16.7 Å². The van der Waals surface area contributed by atoms with Crippen LogP contribution in [0.25, 0.3) is 11.1 Å². The van der Waals surface area contributed by atoms with Crippen LogP contribution < -0.4 is 4.74 Å². The summed E-state index contributed by atoms with van der Waals surface area (Å²) >= 11 is 0. The molecule has 0 unspecified atom stereocenters. The first-order valence-electron chi connectivity index (χ1n) is 6.50. The topological polar surface area (TPSA) is 38.7 Å². The molecule has 102 valence electrons. The van der Waals surface area contributed by atoms with Crippen LogP contribution in [0.3, 0.4) is 0 Å². The lowest BCUT2D eigenvalue weighted by Crippen LogP contribution is -2.53. The van der Waals surface area contributed by atoms with E-state index >= 15 is 0 Å². The molecule has 3 nitrogen and oxygen atoms in total. The van der Waals surface area contributed by atoms with Gasteiger partial charge in [-0.05, 0) is 42.3 Å². The van der Waals surface area contributed by atoms with Gasteiger partial charge in [0.1, 0.15) is 17.3 Å². The third kappa shape index (κ3) is 1.42. The average molecular weight is 272 g/mol. The number of phenolic OH excluding ortho intramolecular Hbond substituents is 1. The van der Waals surface area contributed by atoms with Crippen molar-refractivity contribution in [1.29, 1.82) is 0 Å². The summed E-state index contributed by atoms with van der Waals surface area (Å²) in [6, 6.07) is 8.28. The van der Waals surface area contributed by atoms with Crippen LogP contribution in [0, 0.1) is 12.7 Å². The third-order valence-corrected chi connectivity index (χ3v) is 4.02. The number of aromatic hydroxyl groups is 1. The molecular weight excluding hydrogens is 259 g/mol. The van der Waals surface area contributed by atoms with Crippen molar-refractivity contribution >= 4 is 0 Å². The number of ether oxygens (including phenoxy) is 2. The molecule has 1 saturated heterocycles. The zero-order valence-electron chi connectivity index (χ0n) is 10.9. The molecule has 1 spiro atoms. The normalized spacial score (nSPS) is 17.9. The molecule has 20 heavy (non-hydrogen) atoms. The number of phenols is 1. The maximum Gasteiger partial charge on any atom is 0.181 e. The lowest BCUT2D eigenvalue weighted by atomic mass is 9.81. The van der Waals surface area contributed by atoms with Gasteiger partial charge in [0.15, 0.2) is 5.60 Å². The molecular formula is C16H13FO3. The van der Waals surface area contributed by atoms with Gasteiger partial charge in [0.05, 0.1) is 13.2 Å². The van der Waals surface area contributed by atoms with Crippen molar-refractivity contribution in [2.24, 2.45) is 0 Å². The number of aryl methyl sites for hydroxylation is 1. The monoisotopic (exact) mass is 272 g/mol. The molecule has 1 fully saturated rings. The minimum atomic E-state index is -0.547. The molecule has 1 N–H and O–H groups in total. The molecule has 0 aliphatic carbocycles. The van der Waals surface area contributed by atoms with Crippen LogP contribution in [0.4, 0.5) is 4.39 Å². The quantitative estimate of drug-likeness (QED) is 0.800. The van der Waals surface area contributed by atoms with E-state index in [1.165, 1.54) is 0 Å². The van der Waals surface area contributed by atoms with Gasteiger partial charge in [-0.25, -0.2) is 4.39 Å². The van der Waals surface area contributed by atoms with E-state index in [1.807, 2.05) is 6.07 Å². The molecule has 0 atom stereocenters. The summed E-state index contributed by atoms with van der Waals surface area (Å²) in [5.74, 6) is 0.472. The summed E-state index contributed by atoms with van der Waals surface area (Å²) in [6.07, 6.45) is 0. The first-order chi connectivity index (χ1) is 9.59. The van der Waals surface area contributed by atoms with E-state index in [4.69, 9.17) is 9.47 Å². The van der Waals surface area contributed by atoms with Gasteiger partial charge in [0.2, 0.25) is 0 Å². The van der Waals surface area contributed by atoms with Crippen molar-refractivity contribution in [3.63, 3.8) is 0 Å². The second kappa shape index (κ2) is 3.73. The highest BCUT2D eigenvalue weighted by Crippen LogP contribution is 2.49. The maximum absolute atomic E-state index is 13.9. The van der Waals surface area contributed by atoms with E-state index in [0.29, 0.717) is 24.5 Å². The molecule has 2 aromatic carbocycles. The SMILES string of the molecule is Cc1cc2c(cc1F)-c1ccc(O)cc1OC21COC1. The smallest absolute Gasteiger partial charge is 0.181 e. The van der Waals surface area contributed by atoms with Gasteiger partial charge < -0.3 is 14.6 Å². The zero-order chi connectivity index (χ0) is 13.9. The highest BCUT2D eigenvalue weighted by molar-refractivity contribution is 5.78. The molecule has 0 aromatic heterocycles. The summed E-state index contributed by atoms with van der Waals surface area (Å²) in [5, 5.41) is 9.61. The molecule has 0 saturated carbocycles. The summed E-state index contributed by atoms with van der Waals surface area (Å²) in [7, 11) is 0. The van der Waals surface area contributed by atoms with Gasteiger partial charge >= 0.3 is 0 Å². The van der Waals surface area contributed by atoms with Crippen molar-refractivity contribution in [3.8, 4) is 22.6 Å².